The minimum atomic E-state index is 0.256. The lowest BCUT2D eigenvalue weighted by atomic mass is 10.1. The highest BCUT2D eigenvalue weighted by Gasteiger charge is 2.25. The lowest BCUT2D eigenvalue weighted by Gasteiger charge is -2.38. The molecule has 1 aromatic carbocycles. The van der Waals surface area contributed by atoms with Crippen molar-refractivity contribution in [3.63, 3.8) is 0 Å². The van der Waals surface area contributed by atoms with Gasteiger partial charge in [0.15, 0.2) is 0 Å². The van der Waals surface area contributed by atoms with Crippen LogP contribution in [0.3, 0.4) is 0 Å². The summed E-state index contributed by atoms with van der Waals surface area (Å²) in [5.41, 5.74) is 1.18. The van der Waals surface area contributed by atoms with Crippen LogP contribution in [-0.2, 0) is 11.3 Å². The maximum atomic E-state index is 9.75. The van der Waals surface area contributed by atoms with E-state index in [4.69, 9.17) is 4.74 Å². The van der Waals surface area contributed by atoms with E-state index in [9.17, 15) is 5.11 Å². The molecule has 0 amide bonds. The van der Waals surface area contributed by atoms with E-state index in [-0.39, 0.29) is 11.9 Å². The van der Waals surface area contributed by atoms with Gasteiger partial charge in [-0.1, -0.05) is 6.92 Å². The summed E-state index contributed by atoms with van der Waals surface area (Å²) in [5, 5.41) is 9.75. The summed E-state index contributed by atoms with van der Waals surface area (Å²) >= 11 is 6.77. The molecule has 1 aromatic rings. The fourth-order valence-corrected chi connectivity index (χ4v) is 3.71. The molecule has 2 unspecified atom stereocenters. The Bertz CT molecular complexity index is 430. The largest absolute Gasteiger partial charge is 0.506 e. The first-order chi connectivity index (χ1) is 9.01. The highest BCUT2D eigenvalue weighted by Crippen LogP contribution is 2.34. The van der Waals surface area contributed by atoms with Gasteiger partial charge in [0.05, 0.1) is 21.7 Å². The average molecular weight is 393 g/mol. The highest BCUT2D eigenvalue weighted by atomic mass is 79.9. The number of rotatable bonds is 3. The zero-order chi connectivity index (χ0) is 14.0. The van der Waals surface area contributed by atoms with Crippen molar-refractivity contribution < 1.29 is 9.84 Å². The number of aromatic hydroxyl groups is 1. The molecule has 2 atom stereocenters. The second-order valence-electron chi connectivity index (χ2n) is 5.04. The Morgan fingerprint density at radius 2 is 2.00 bits per heavy atom. The van der Waals surface area contributed by atoms with Crippen LogP contribution in [0.4, 0.5) is 0 Å². The topological polar surface area (TPSA) is 32.7 Å². The maximum absolute atomic E-state index is 9.75. The summed E-state index contributed by atoms with van der Waals surface area (Å²) in [6, 6.07) is 4.43. The number of phenolic OH excluding ortho intramolecular Hbond substituents is 1. The Morgan fingerprint density at radius 1 is 1.37 bits per heavy atom. The van der Waals surface area contributed by atoms with Crippen LogP contribution in [0, 0.1) is 0 Å². The zero-order valence-corrected chi connectivity index (χ0v) is 14.4. The van der Waals surface area contributed by atoms with Gasteiger partial charge in [0, 0.05) is 19.1 Å². The van der Waals surface area contributed by atoms with E-state index in [1.165, 1.54) is 5.56 Å². The number of morpholine rings is 1. The second-order valence-corrected chi connectivity index (χ2v) is 6.75. The molecule has 1 aliphatic rings. The third kappa shape index (κ3) is 3.72. The predicted octanol–water partition coefficient (Wildman–Crippen LogP) is 3.92. The number of phenols is 1. The van der Waals surface area contributed by atoms with Gasteiger partial charge in [0.1, 0.15) is 5.75 Å². The zero-order valence-electron chi connectivity index (χ0n) is 11.2. The minimum absolute atomic E-state index is 0.256. The number of hydrogen-bond donors (Lipinski definition) is 1. The molecule has 5 heteroatoms. The molecule has 1 aliphatic heterocycles. The molecule has 0 saturated carbocycles. The van der Waals surface area contributed by atoms with Crippen molar-refractivity contribution in [2.45, 2.75) is 39.0 Å². The van der Waals surface area contributed by atoms with Crippen LogP contribution in [-0.4, -0.2) is 35.3 Å². The molecular formula is C14H19Br2NO2. The minimum Gasteiger partial charge on any atom is -0.506 e. The van der Waals surface area contributed by atoms with E-state index in [1.807, 2.05) is 12.1 Å². The monoisotopic (exact) mass is 391 g/mol. The van der Waals surface area contributed by atoms with Crippen molar-refractivity contribution in [3.05, 3.63) is 26.6 Å². The third-order valence-electron chi connectivity index (χ3n) is 3.51. The standard InChI is InChI=1S/C14H19Br2NO2/c1-3-11-8-19-9(2)6-17(11)7-10-4-12(15)14(18)13(16)5-10/h4-5,9,11,18H,3,6-8H2,1-2H3. The molecule has 3 nitrogen and oxygen atoms in total. The van der Waals surface area contributed by atoms with Gasteiger partial charge >= 0.3 is 0 Å². The van der Waals surface area contributed by atoms with Crippen molar-refractivity contribution in [1.82, 2.24) is 4.90 Å². The van der Waals surface area contributed by atoms with E-state index in [2.05, 4.69) is 50.6 Å². The average Bonchev–Trinajstić information content (AvgIpc) is 2.36. The Morgan fingerprint density at radius 3 is 2.58 bits per heavy atom. The summed E-state index contributed by atoms with van der Waals surface area (Å²) in [6.45, 7) is 6.94. The van der Waals surface area contributed by atoms with Crippen LogP contribution in [0.2, 0.25) is 0 Å². The van der Waals surface area contributed by atoms with Gasteiger partial charge in [-0.3, -0.25) is 4.90 Å². The summed E-state index contributed by atoms with van der Waals surface area (Å²) in [5.74, 6) is 0.256. The SMILES string of the molecule is CCC1COC(C)CN1Cc1cc(Br)c(O)c(Br)c1. The van der Waals surface area contributed by atoms with E-state index in [0.29, 0.717) is 6.04 Å². The summed E-state index contributed by atoms with van der Waals surface area (Å²) in [4.78, 5) is 2.46. The van der Waals surface area contributed by atoms with Crippen LogP contribution < -0.4 is 0 Å². The van der Waals surface area contributed by atoms with Gasteiger partial charge < -0.3 is 9.84 Å². The van der Waals surface area contributed by atoms with Crippen molar-refractivity contribution >= 4 is 31.9 Å². The van der Waals surface area contributed by atoms with Crippen LogP contribution in [0.1, 0.15) is 25.8 Å². The molecule has 0 spiro atoms. The smallest absolute Gasteiger partial charge is 0.143 e. The first-order valence-electron chi connectivity index (χ1n) is 6.53. The quantitative estimate of drug-likeness (QED) is 0.846. The van der Waals surface area contributed by atoms with Crippen molar-refractivity contribution in [2.75, 3.05) is 13.2 Å². The molecule has 19 heavy (non-hydrogen) atoms. The lowest BCUT2D eigenvalue weighted by molar-refractivity contribution is -0.0592. The number of benzene rings is 1. The number of ether oxygens (including phenoxy) is 1. The van der Waals surface area contributed by atoms with Gasteiger partial charge in [-0.15, -0.1) is 0 Å². The van der Waals surface area contributed by atoms with E-state index in [1.54, 1.807) is 0 Å². The fourth-order valence-electron chi connectivity index (χ4n) is 2.43. The Labute approximate surface area is 131 Å². The van der Waals surface area contributed by atoms with E-state index < -0.39 is 0 Å². The first-order valence-corrected chi connectivity index (χ1v) is 8.12. The molecule has 106 valence electrons. The molecule has 0 radical (unpaired) electrons. The molecule has 1 heterocycles. The van der Waals surface area contributed by atoms with Crippen LogP contribution in [0.5, 0.6) is 5.75 Å². The second kappa shape index (κ2) is 6.57. The van der Waals surface area contributed by atoms with Gasteiger partial charge in [0.25, 0.3) is 0 Å². The van der Waals surface area contributed by atoms with Crippen LogP contribution >= 0.6 is 31.9 Å². The summed E-state index contributed by atoms with van der Waals surface area (Å²) in [7, 11) is 0. The Hall–Kier alpha value is -0.100. The molecule has 0 bridgehead atoms. The molecule has 2 rings (SSSR count). The Kier molecular flexibility index (Phi) is 5.29. The highest BCUT2D eigenvalue weighted by molar-refractivity contribution is 9.11. The van der Waals surface area contributed by atoms with Crippen molar-refractivity contribution in [2.24, 2.45) is 0 Å². The Balaban J connectivity index is 2.14. The predicted molar refractivity (Wildman–Crippen MR) is 83.4 cm³/mol. The molecule has 1 saturated heterocycles. The number of hydrogen-bond acceptors (Lipinski definition) is 3. The maximum Gasteiger partial charge on any atom is 0.143 e. The van der Waals surface area contributed by atoms with E-state index in [0.717, 1.165) is 35.1 Å². The van der Waals surface area contributed by atoms with Gasteiger partial charge in [-0.2, -0.15) is 0 Å². The fraction of sp³-hybridized carbons (Fsp3) is 0.571. The number of nitrogens with zero attached hydrogens (tertiary/aromatic N) is 1. The van der Waals surface area contributed by atoms with Crippen LogP contribution in [0.15, 0.2) is 21.1 Å². The van der Waals surface area contributed by atoms with Crippen molar-refractivity contribution in [3.8, 4) is 5.75 Å². The molecule has 1 N–H and O–H groups in total. The van der Waals surface area contributed by atoms with Crippen LogP contribution in [0.25, 0.3) is 0 Å². The summed E-state index contributed by atoms with van der Waals surface area (Å²) in [6.07, 6.45) is 1.37. The van der Waals surface area contributed by atoms with Gasteiger partial charge in [0.2, 0.25) is 0 Å². The molecule has 0 aromatic heterocycles. The molecular weight excluding hydrogens is 374 g/mol. The molecule has 1 fully saturated rings. The van der Waals surface area contributed by atoms with Crippen molar-refractivity contribution in [1.29, 1.82) is 0 Å². The van der Waals surface area contributed by atoms with E-state index >= 15 is 0 Å². The van der Waals surface area contributed by atoms with Gasteiger partial charge in [-0.05, 0) is 62.9 Å². The normalized spacial score (nSPS) is 24.6. The number of halogens is 2. The van der Waals surface area contributed by atoms with Gasteiger partial charge in [-0.25, -0.2) is 0 Å². The lowest BCUT2D eigenvalue weighted by Crippen LogP contribution is -2.47. The molecule has 0 aliphatic carbocycles. The summed E-state index contributed by atoms with van der Waals surface area (Å²) < 4.78 is 7.17. The third-order valence-corrected chi connectivity index (χ3v) is 4.72. The first kappa shape index (κ1) is 15.3.